The van der Waals surface area contributed by atoms with E-state index >= 15 is 0 Å². The van der Waals surface area contributed by atoms with Crippen molar-refractivity contribution in [2.75, 3.05) is 29.9 Å². The van der Waals surface area contributed by atoms with Crippen LogP contribution in [-0.2, 0) is 0 Å². The van der Waals surface area contributed by atoms with Crippen LogP contribution < -0.4 is 10.2 Å². The highest BCUT2D eigenvalue weighted by Gasteiger charge is 2.18. The van der Waals surface area contributed by atoms with Crippen molar-refractivity contribution < 1.29 is 0 Å². The number of thiophene rings is 1. The first-order valence-corrected chi connectivity index (χ1v) is 7.89. The number of aryl methyl sites for hydroxylation is 1. The average Bonchev–Trinajstić information content (AvgIpc) is 3.09. The predicted octanol–water partition coefficient (Wildman–Crippen LogP) is 2.94. The van der Waals surface area contributed by atoms with E-state index in [2.05, 4.69) is 44.2 Å². The highest BCUT2D eigenvalue weighted by molar-refractivity contribution is 7.15. The van der Waals surface area contributed by atoms with Crippen LogP contribution in [0.15, 0.2) is 12.1 Å². The van der Waals surface area contributed by atoms with Gasteiger partial charge in [-0.15, -0.1) is 11.3 Å². The third kappa shape index (κ3) is 2.75. The second kappa shape index (κ2) is 5.75. The average molecular weight is 289 g/mol. The van der Waals surface area contributed by atoms with Gasteiger partial charge >= 0.3 is 0 Å². The summed E-state index contributed by atoms with van der Waals surface area (Å²) in [6.45, 7) is 7.04. The van der Waals surface area contributed by atoms with E-state index in [1.807, 2.05) is 6.92 Å². The fourth-order valence-electron chi connectivity index (χ4n) is 2.33. The van der Waals surface area contributed by atoms with Gasteiger partial charge in [-0.25, -0.2) is 0 Å². The lowest BCUT2D eigenvalue weighted by Crippen LogP contribution is -2.21. The minimum absolute atomic E-state index is 0.672. The molecule has 0 atom stereocenters. The first-order valence-electron chi connectivity index (χ1n) is 7.08. The minimum Gasteiger partial charge on any atom is -0.354 e. The molecule has 5 nitrogen and oxygen atoms in total. The molecule has 6 heteroatoms. The van der Waals surface area contributed by atoms with E-state index in [4.69, 9.17) is 0 Å². The Morgan fingerprint density at radius 2 is 2.00 bits per heavy atom. The molecule has 2 aromatic heterocycles. The van der Waals surface area contributed by atoms with Crippen LogP contribution in [0, 0.1) is 6.92 Å². The van der Waals surface area contributed by atoms with Gasteiger partial charge < -0.3 is 10.2 Å². The highest BCUT2D eigenvalue weighted by atomic mass is 32.1. The molecule has 20 heavy (non-hydrogen) atoms. The number of rotatable bonds is 4. The number of nitrogens with one attached hydrogen (secondary N) is 1. The number of anilines is 2. The molecule has 1 aliphatic heterocycles. The SMILES string of the molecule is CCNc1nc(-c2ccc(C)s2)nc(N2CCCC2)n1. The van der Waals surface area contributed by atoms with Crippen molar-refractivity contribution in [2.24, 2.45) is 0 Å². The van der Waals surface area contributed by atoms with Crippen molar-refractivity contribution in [2.45, 2.75) is 26.7 Å². The van der Waals surface area contributed by atoms with Crippen molar-refractivity contribution >= 4 is 23.2 Å². The van der Waals surface area contributed by atoms with Gasteiger partial charge in [0, 0.05) is 24.5 Å². The van der Waals surface area contributed by atoms with Gasteiger partial charge in [-0.1, -0.05) is 0 Å². The van der Waals surface area contributed by atoms with Crippen molar-refractivity contribution in [3.05, 3.63) is 17.0 Å². The smallest absolute Gasteiger partial charge is 0.230 e. The summed E-state index contributed by atoms with van der Waals surface area (Å²) in [6, 6.07) is 4.19. The zero-order chi connectivity index (χ0) is 13.9. The third-order valence-corrected chi connectivity index (χ3v) is 4.30. The first-order chi connectivity index (χ1) is 9.76. The second-order valence-corrected chi connectivity index (χ2v) is 6.21. The number of nitrogens with zero attached hydrogens (tertiary/aromatic N) is 4. The first kappa shape index (κ1) is 13.3. The molecule has 1 N–H and O–H groups in total. The van der Waals surface area contributed by atoms with Crippen LogP contribution in [0.1, 0.15) is 24.6 Å². The summed E-state index contributed by atoms with van der Waals surface area (Å²) < 4.78 is 0. The molecule has 1 aliphatic rings. The predicted molar refractivity (Wildman–Crippen MR) is 83.5 cm³/mol. The van der Waals surface area contributed by atoms with Crippen LogP contribution in [-0.4, -0.2) is 34.6 Å². The van der Waals surface area contributed by atoms with Crippen LogP contribution in [0.3, 0.4) is 0 Å². The van der Waals surface area contributed by atoms with Gasteiger partial charge in [0.2, 0.25) is 11.9 Å². The normalized spacial score (nSPS) is 14.8. The van der Waals surface area contributed by atoms with E-state index < -0.39 is 0 Å². The van der Waals surface area contributed by atoms with Gasteiger partial charge in [-0.3, -0.25) is 0 Å². The molecule has 1 saturated heterocycles. The van der Waals surface area contributed by atoms with Crippen molar-refractivity contribution in [1.29, 1.82) is 0 Å². The molecule has 3 heterocycles. The molecule has 0 bridgehead atoms. The van der Waals surface area contributed by atoms with Crippen LogP contribution >= 0.6 is 11.3 Å². The second-order valence-electron chi connectivity index (χ2n) is 4.92. The van der Waals surface area contributed by atoms with Gasteiger partial charge in [-0.05, 0) is 38.8 Å². The summed E-state index contributed by atoms with van der Waals surface area (Å²) in [6.07, 6.45) is 2.44. The summed E-state index contributed by atoms with van der Waals surface area (Å²) in [5.74, 6) is 2.25. The van der Waals surface area contributed by atoms with E-state index in [0.717, 1.165) is 36.3 Å². The molecule has 0 radical (unpaired) electrons. The van der Waals surface area contributed by atoms with E-state index in [0.29, 0.717) is 5.95 Å². The Kier molecular flexibility index (Phi) is 3.82. The van der Waals surface area contributed by atoms with Crippen molar-refractivity contribution in [1.82, 2.24) is 15.0 Å². The summed E-state index contributed by atoms with van der Waals surface area (Å²) in [5, 5.41) is 3.20. The van der Waals surface area contributed by atoms with Crippen molar-refractivity contribution in [3.63, 3.8) is 0 Å². The molecule has 0 aliphatic carbocycles. The van der Waals surface area contributed by atoms with Crippen LogP contribution in [0.2, 0.25) is 0 Å². The van der Waals surface area contributed by atoms with Gasteiger partial charge in [-0.2, -0.15) is 15.0 Å². The fourth-order valence-corrected chi connectivity index (χ4v) is 3.13. The summed E-state index contributed by atoms with van der Waals surface area (Å²) in [5.41, 5.74) is 0. The maximum absolute atomic E-state index is 4.66. The lowest BCUT2D eigenvalue weighted by atomic mass is 10.4. The largest absolute Gasteiger partial charge is 0.354 e. The summed E-state index contributed by atoms with van der Waals surface area (Å²) in [4.78, 5) is 18.3. The Morgan fingerprint density at radius 3 is 2.65 bits per heavy atom. The Balaban J connectivity index is 1.99. The zero-order valence-electron chi connectivity index (χ0n) is 11.9. The number of hydrogen-bond acceptors (Lipinski definition) is 6. The molecule has 0 unspecified atom stereocenters. The molecule has 0 aromatic carbocycles. The van der Waals surface area contributed by atoms with Gasteiger partial charge in [0.25, 0.3) is 0 Å². The quantitative estimate of drug-likeness (QED) is 0.938. The van der Waals surface area contributed by atoms with Crippen molar-refractivity contribution in [3.8, 4) is 10.7 Å². The molecule has 1 fully saturated rings. The molecule has 3 rings (SSSR count). The van der Waals surface area contributed by atoms with E-state index in [9.17, 15) is 0 Å². The molecule has 2 aromatic rings. The third-order valence-electron chi connectivity index (χ3n) is 3.31. The van der Waals surface area contributed by atoms with Gasteiger partial charge in [0.1, 0.15) is 0 Å². The molecule has 0 saturated carbocycles. The Morgan fingerprint density at radius 1 is 1.20 bits per heavy atom. The fraction of sp³-hybridized carbons (Fsp3) is 0.500. The maximum atomic E-state index is 4.66. The zero-order valence-corrected chi connectivity index (χ0v) is 12.7. The van der Waals surface area contributed by atoms with Gasteiger partial charge in [0.05, 0.1) is 4.88 Å². The lowest BCUT2D eigenvalue weighted by molar-refractivity contribution is 0.882. The molecular weight excluding hydrogens is 270 g/mol. The molecular formula is C14H19N5S. The molecule has 0 spiro atoms. The monoisotopic (exact) mass is 289 g/mol. The standard InChI is InChI=1S/C14H19N5S/c1-3-15-13-16-12(11-7-6-10(2)20-11)17-14(18-13)19-8-4-5-9-19/h6-7H,3-5,8-9H2,1-2H3,(H,15,16,17,18). The van der Waals surface area contributed by atoms with E-state index in [-0.39, 0.29) is 0 Å². The Hall–Kier alpha value is -1.69. The topological polar surface area (TPSA) is 53.9 Å². The number of hydrogen-bond donors (Lipinski definition) is 1. The van der Waals surface area contributed by atoms with Crippen LogP contribution in [0.25, 0.3) is 10.7 Å². The van der Waals surface area contributed by atoms with Crippen LogP contribution in [0.5, 0.6) is 0 Å². The molecule has 0 amide bonds. The Labute approximate surface area is 123 Å². The Bertz CT molecular complexity index is 589. The lowest BCUT2D eigenvalue weighted by Gasteiger charge is -2.16. The minimum atomic E-state index is 0.672. The number of aromatic nitrogens is 3. The van der Waals surface area contributed by atoms with E-state index in [1.165, 1.54) is 17.7 Å². The van der Waals surface area contributed by atoms with Gasteiger partial charge in [0.15, 0.2) is 5.82 Å². The van der Waals surface area contributed by atoms with E-state index in [1.54, 1.807) is 11.3 Å². The highest BCUT2D eigenvalue weighted by Crippen LogP contribution is 2.27. The summed E-state index contributed by atoms with van der Waals surface area (Å²) >= 11 is 1.72. The summed E-state index contributed by atoms with van der Waals surface area (Å²) in [7, 11) is 0. The van der Waals surface area contributed by atoms with Crippen LogP contribution in [0.4, 0.5) is 11.9 Å². The maximum Gasteiger partial charge on any atom is 0.230 e. The molecule has 106 valence electrons.